The number of ether oxygens (including phenoxy) is 1. The van der Waals surface area contributed by atoms with Crippen LogP contribution in [0.25, 0.3) is 0 Å². The fourth-order valence-electron chi connectivity index (χ4n) is 1.70. The molecule has 6 heteroatoms. The van der Waals surface area contributed by atoms with Gasteiger partial charge in [-0.15, -0.1) is 0 Å². The number of nitrogens with one attached hydrogen (secondary N) is 1. The normalized spacial score (nSPS) is 12.7. The number of carbonyl (C=O) groups is 2. The Kier molecular flexibility index (Phi) is 5.92. The Bertz CT molecular complexity index is 537. The second-order valence-electron chi connectivity index (χ2n) is 5.67. The largest absolute Gasteiger partial charge is 0.444 e. The lowest BCUT2D eigenvalue weighted by molar-refractivity contribution is 0.0481. The van der Waals surface area contributed by atoms with Gasteiger partial charge in [-0.1, -0.05) is 28.1 Å². The first-order chi connectivity index (χ1) is 9.64. The molecule has 1 atom stereocenters. The molecule has 0 saturated heterocycles. The van der Waals surface area contributed by atoms with Gasteiger partial charge in [-0.3, -0.25) is 4.79 Å². The third kappa shape index (κ3) is 5.47. The number of carbonyl (C=O) groups excluding carboxylic acids is 2. The highest BCUT2D eigenvalue weighted by molar-refractivity contribution is 9.10. The van der Waals surface area contributed by atoms with Crippen molar-refractivity contribution in [2.45, 2.75) is 39.3 Å². The molecule has 2 N–H and O–H groups in total. The molecule has 1 amide bonds. The van der Waals surface area contributed by atoms with Crippen molar-refractivity contribution in [3.8, 4) is 0 Å². The first-order valence-corrected chi connectivity index (χ1v) is 7.34. The van der Waals surface area contributed by atoms with E-state index >= 15 is 0 Å². The molecule has 1 rings (SSSR count). The molecule has 0 aliphatic carbocycles. The van der Waals surface area contributed by atoms with Gasteiger partial charge in [0, 0.05) is 10.0 Å². The van der Waals surface area contributed by atoms with Gasteiger partial charge in [0.15, 0.2) is 5.78 Å². The predicted octanol–water partition coefficient (Wildman–Crippen LogP) is 3.21. The number of hydrogen-bond acceptors (Lipinski definition) is 4. The molecule has 1 aromatic rings. The fourth-order valence-corrected chi connectivity index (χ4v) is 2.36. The van der Waals surface area contributed by atoms with Crippen LogP contribution in [-0.4, -0.2) is 29.2 Å². The van der Waals surface area contributed by atoms with Crippen LogP contribution < -0.4 is 5.32 Å². The van der Waals surface area contributed by atoms with Gasteiger partial charge in [-0.05, 0) is 39.3 Å². The van der Waals surface area contributed by atoms with E-state index in [4.69, 9.17) is 4.74 Å². The van der Waals surface area contributed by atoms with Gasteiger partial charge in [-0.25, -0.2) is 4.79 Å². The van der Waals surface area contributed by atoms with E-state index in [9.17, 15) is 14.7 Å². The molecule has 5 nitrogen and oxygen atoms in total. The Hall–Kier alpha value is -1.40. The van der Waals surface area contributed by atoms with Gasteiger partial charge in [0.2, 0.25) is 0 Å². The predicted molar refractivity (Wildman–Crippen MR) is 83.3 cm³/mol. The quantitative estimate of drug-likeness (QED) is 0.811. The summed E-state index contributed by atoms with van der Waals surface area (Å²) in [6, 6.07) is 4.40. The van der Waals surface area contributed by atoms with Crippen molar-refractivity contribution in [1.29, 1.82) is 0 Å². The lowest BCUT2D eigenvalue weighted by atomic mass is 10.0. The molecule has 21 heavy (non-hydrogen) atoms. The molecular formula is C15H20BrNO4. The maximum absolute atomic E-state index is 11.8. The molecule has 0 bridgehead atoms. The van der Waals surface area contributed by atoms with E-state index < -0.39 is 17.7 Å². The molecule has 0 saturated carbocycles. The summed E-state index contributed by atoms with van der Waals surface area (Å²) >= 11 is 3.35. The zero-order chi connectivity index (χ0) is 16.2. The summed E-state index contributed by atoms with van der Waals surface area (Å²) in [5.74, 6) is -0.0529. The minimum Gasteiger partial charge on any atom is -0.444 e. The zero-order valence-corrected chi connectivity index (χ0v) is 14.2. The molecule has 0 heterocycles. The smallest absolute Gasteiger partial charge is 0.408 e. The highest BCUT2D eigenvalue weighted by Gasteiger charge is 2.21. The van der Waals surface area contributed by atoms with Gasteiger partial charge < -0.3 is 15.2 Å². The van der Waals surface area contributed by atoms with Crippen molar-refractivity contribution < 1.29 is 19.4 Å². The van der Waals surface area contributed by atoms with Crippen molar-refractivity contribution in [3.05, 3.63) is 33.8 Å². The van der Waals surface area contributed by atoms with Crippen molar-refractivity contribution in [1.82, 2.24) is 5.32 Å². The maximum atomic E-state index is 11.8. The Morgan fingerprint density at radius 1 is 1.38 bits per heavy atom. The molecule has 0 spiro atoms. The molecule has 0 aliphatic rings. The monoisotopic (exact) mass is 357 g/mol. The van der Waals surface area contributed by atoms with E-state index in [1.54, 1.807) is 39.0 Å². The van der Waals surface area contributed by atoms with E-state index in [-0.39, 0.29) is 12.4 Å². The molecule has 0 aliphatic heterocycles. The highest BCUT2D eigenvalue weighted by Crippen LogP contribution is 2.25. The summed E-state index contributed by atoms with van der Waals surface area (Å²) in [5.41, 5.74) is 0.618. The molecule has 0 fully saturated rings. The number of hydrogen-bond donors (Lipinski definition) is 2. The van der Waals surface area contributed by atoms with E-state index in [1.165, 1.54) is 6.92 Å². The number of amides is 1. The fraction of sp³-hybridized carbons (Fsp3) is 0.467. The van der Waals surface area contributed by atoms with Crippen molar-refractivity contribution >= 4 is 27.8 Å². The van der Waals surface area contributed by atoms with Gasteiger partial charge >= 0.3 is 6.09 Å². The van der Waals surface area contributed by atoms with Crippen molar-refractivity contribution in [2.24, 2.45) is 0 Å². The van der Waals surface area contributed by atoms with E-state index in [1.807, 2.05) is 0 Å². The van der Waals surface area contributed by atoms with Crippen LogP contribution in [0.3, 0.4) is 0 Å². The second kappa shape index (κ2) is 7.04. The number of rotatable bonds is 4. The van der Waals surface area contributed by atoms with Gasteiger partial charge in [0.1, 0.15) is 5.60 Å². The van der Waals surface area contributed by atoms with Crippen LogP contribution in [-0.2, 0) is 4.74 Å². The maximum Gasteiger partial charge on any atom is 0.408 e. The Balaban J connectivity index is 2.90. The summed E-state index contributed by atoms with van der Waals surface area (Å²) in [5, 5.41) is 12.1. The summed E-state index contributed by atoms with van der Waals surface area (Å²) in [6.07, 6.45) is -0.607. The third-order valence-electron chi connectivity index (χ3n) is 2.66. The lowest BCUT2D eigenvalue weighted by Crippen LogP contribution is -2.36. The highest BCUT2D eigenvalue weighted by atomic mass is 79.9. The number of aliphatic hydroxyl groups is 1. The number of alkyl carbamates (subject to hydrolysis) is 1. The number of benzene rings is 1. The molecule has 1 aromatic carbocycles. The second-order valence-corrected chi connectivity index (χ2v) is 6.53. The molecule has 116 valence electrons. The van der Waals surface area contributed by atoms with Gasteiger partial charge in [0.25, 0.3) is 0 Å². The summed E-state index contributed by atoms with van der Waals surface area (Å²) in [7, 11) is 0. The van der Waals surface area contributed by atoms with Crippen LogP contribution in [0.2, 0.25) is 0 Å². The zero-order valence-electron chi connectivity index (χ0n) is 12.6. The van der Waals surface area contributed by atoms with Crippen LogP contribution >= 0.6 is 15.9 Å². The third-order valence-corrected chi connectivity index (χ3v) is 3.34. The van der Waals surface area contributed by atoms with Crippen LogP contribution in [0, 0.1) is 0 Å². The summed E-state index contributed by atoms with van der Waals surface area (Å²) < 4.78 is 5.81. The van der Waals surface area contributed by atoms with E-state index in [0.717, 1.165) is 0 Å². The van der Waals surface area contributed by atoms with Crippen molar-refractivity contribution in [3.63, 3.8) is 0 Å². The first kappa shape index (κ1) is 17.7. The lowest BCUT2D eigenvalue weighted by Gasteiger charge is -2.23. The van der Waals surface area contributed by atoms with Crippen molar-refractivity contribution in [2.75, 3.05) is 6.61 Å². The Labute approximate surface area is 132 Å². The number of ketones is 1. The average molecular weight is 358 g/mol. The minimum atomic E-state index is -0.616. The number of aliphatic hydroxyl groups excluding tert-OH is 1. The topological polar surface area (TPSA) is 75.6 Å². The number of halogens is 1. The molecule has 0 aromatic heterocycles. The Morgan fingerprint density at radius 2 is 2.00 bits per heavy atom. The summed E-state index contributed by atoms with van der Waals surface area (Å²) in [6.45, 7) is 6.48. The Morgan fingerprint density at radius 3 is 2.43 bits per heavy atom. The molecular weight excluding hydrogens is 338 g/mol. The average Bonchev–Trinajstić information content (AvgIpc) is 2.34. The van der Waals surface area contributed by atoms with Crippen LogP contribution in [0.5, 0.6) is 0 Å². The van der Waals surface area contributed by atoms with Crippen LogP contribution in [0.15, 0.2) is 22.7 Å². The summed E-state index contributed by atoms with van der Waals surface area (Å²) in [4.78, 5) is 23.1. The number of Topliss-reactive ketones (excluding diaryl/α,β-unsaturated/α-hetero) is 1. The molecule has 0 unspecified atom stereocenters. The van der Waals surface area contributed by atoms with Gasteiger partial charge in [0.05, 0.1) is 12.6 Å². The van der Waals surface area contributed by atoms with E-state index in [2.05, 4.69) is 21.2 Å². The van der Waals surface area contributed by atoms with Crippen LogP contribution in [0.4, 0.5) is 4.79 Å². The SMILES string of the molecule is CC(=O)c1ccc([C@@H](CO)NC(=O)OC(C)(C)C)c(Br)c1. The first-order valence-electron chi connectivity index (χ1n) is 6.55. The van der Waals surface area contributed by atoms with Gasteiger partial charge in [-0.2, -0.15) is 0 Å². The van der Waals surface area contributed by atoms with E-state index in [0.29, 0.717) is 15.6 Å². The van der Waals surface area contributed by atoms with Crippen LogP contribution in [0.1, 0.15) is 49.7 Å². The molecule has 0 radical (unpaired) electrons. The standard InChI is InChI=1S/C15H20BrNO4/c1-9(19)10-5-6-11(12(16)7-10)13(8-18)17-14(20)21-15(2,3)4/h5-7,13,18H,8H2,1-4H3,(H,17,20)/t13-/m1/s1. The minimum absolute atomic E-state index is 0.0529.